The van der Waals surface area contributed by atoms with Crippen molar-refractivity contribution >= 4 is 79.9 Å². The van der Waals surface area contributed by atoms with Crippen molar-refractivity contribution in [3.8, 4) is 0 Å². The van der Waals surface area contributed by atoms with Gasteiger partial charge in [-0.25, -0.2) is 9.97 Å². The normalized spacial score (nSPS) is 12.6. The second-order valence-corrected chi connectivity index (χ2v) is 10.3. The number of hydrogen-bond donors (Lipinski definition) is 0. The molecule has 9 heteroatoms. The second kappa shape index (κ2) is 12.4. The molecule has 0 amide bonds. The summed E-state index contributed by atoms with van der Waals surface area (Å²) in [5.41, 5.74) is 13.4. The van der Waals surface area contributed by atoms with Crippen molar-refractivity contribution < 1.29 is 29.0 Å². The van der Waals surface area contributed by atoms with Crippen molar-refractivity contribution in [2.24, 2.45) is 0 Å². The Hall–Kier alpha value is -3.69. The van der Waals surface area contributed by atoms with E-state index in [0.717, 1.165) is 78.3 Å². The van der Waals surface area contributed by atoms with Gasteiger partial charge in [-0.3, -0.25) is 9.59 Å². The number of nitrogens with one attached hydrogen (secondary N) is 2. The fraction of sp³-hybridized carbons (Fsp3) is 0.312. The molecule has 5 heterocycles. The number of ether oxygens (including phenoxy) is 2. The summed E-state index contributed by atoms with van der Waals surface area (Å²) in [5.74, 6) is -0.527. The summed E-state index contributed by atoms with van der Waals surface area (Å²) < 4.78 is 9.83. The molecule has 8 bridgehead atoms. The molecule has 0 saturated heterocycles. The fourth-order valence-electron chi connectivity index (χ4n) is 5.30. The Bertz CT molecular complexity index is 1760. The van der Waals surface area contributed by atoms with Crippen LogP contribution in [0.5, 0.6) is 0 Å². The Labute approximate surface area is 255 Å². The van der Waals surface area contributed by atoms with Crippen molar-refractivity contribution in [3.05, 3.63) is 69.8 Å². The largest absolute Gasteiger partial charge is 2.00 e. The minimum atomic E-state index is -0.265. The number of fused-ring (bicyclic) bond motifs is 8. The van der Waals surface area contributed by atoms with Crippen molar-refractivity contribution in [3.63, 3.8) is 0 Å². The molecule has 41 heavy (non-hydrogen) atoms. The zero-order chi connectivity index (χ0) is 28.6. The van der Waals surface area contributed by atoms with E-state index in [1.165, 1.54) is 14.2 Å². The first-order chi connectivity index (χ1) is 19.2. The summed E-state index contributed by atoms with van der Waals surface area (Å²) in [5, 5.41) is 0. The van der Waals surface area contributed by atoms with E-state index in [9.17, 15) is 9.59 Å². The molecule has 0 aromatic carbocycles. The smallest absolute Gasteiger partial charge is 0.657 e. The van der Waals surface area contributed by atoms with Crippen LogP contribution in [0.3, 0.4) is 0 Å². The van der Waals surface area contributed by atoms with Gasteiger partial charge >= 0.3 is 35.0 Å². The van der Waals surface area contributed by atoms with E-state index in [4.69, 9.17) is 19.4 Å². The van der Waals surface area contributed by atoms with Gasteiger partial charge < -0.3 is 19.4 Å². The number of esters is 2. The van der Waals surface area contributed by atoms with Crippen LogP contribution in [-0.4, -0.2) is 49.2 Å². The predicted octanol–water partition coefficient (Wildman–Crippen LogP) is 4.20. The second-order valence-electron chi connectivity index (χ2n) is 10.3. The van der Waals surface area contributed by atoms with Gasteiger partial charge in [0.1, 0.15) is 0 Å². The van der Waals surface area contributed by atoms with E-state index in [1.54, 1.807) is 0 Å². The molecule has 0 fully saturated rings. The number of methoxy groups -OCH3 is 2. The van der Waals surface area contributed by atoms with Crippen LogP contribution in [0.2, 0.25) is 0 Å². The third kappa shape index (κ3) is 6.31. The maximum absolute atomic E-state index is 12.0. The number of carbonyl (C=O) groups is 2. The first kappa shape index (κ1) is 30.3. The summed E-state index contributed by atoms with van der Waals surface area (Å²) in [7, 11) is 2.80. The average Bonchev–Trinajstić information content (AvgIpc) is 3.62. The molecule has 0 aliphatic carbocycles. The molecule has 206 valence electrons. The Morgan fingerprint density at radius 1 is 0.756 bits per heavy atom. The first-order valence-corrected chi connectivity index (χ1v) is 13.4. The molecule has 2 aliphatic heterocycles. The van der Waals surface area contributed by atoms with Crippen LogP contribution in [0.25, 0.3) is 44.9 Å². The Morgan fingerprint density at radius 2 is 1.44 bits per heavy atom. The van der Waals surface area contributed by atoms with Gasteiger partial charge in [0.2, 0.25) is 22.8 Å². The molecule has 5 rings (SSSR count). The summed E-state index contributed by atoms with van der Waals surface area (Å²) in [6, 6.07) is 10.3. The molecule has 8 nitrogen and oxygen atoms in total. The number of H-pyrrole nitrogens is 2. The van der Waals surface area contributed by atoms with Gasteiger partial charge in [0, 0.05) is 35.6 Å². The monoisotopic (exact) mass is 562 g/mol. The van der Waals surface area contributed by atoms with Gasteiger partial charge in [-0.15, -0.1) is 22.1 Å². The summed E-state index contributed by atoms with van der Waals surface area (Å²) in [6.07, 6.45) is 3.64. The molecule has 2 aliphatic rings. The van der Waals surface area contributed by atoms with Gasteiger partial charge in [-0.05, 0) is 64.8 Å². The predicted molar refractivity (Wildman–Crippen MR) is 159 cm³/mol. The van der Waals surface area contributed by atoms with Crippen LogP contribution in [0, 0.1) is 13.8 Å². The summed E-state index contributed by atoms with van der Waals surface area (Å²) in [6.45, 7) is 8.22. The molecular formula is C32H34MgN4O4+2. The molecule has 0 unspecified atom stereocenters. The number of rotatable bonds is 6. The number of hydrogen-bond acceptors (Lipinski definition) is 4. The molecule has 0 radical (unpaired) electrons. The van der Waals surface area contributed by atoms with E-state index in [1.807, 2.05) is 19.1 Å². The van der Waals surface area contributed by atoms with Crippen molar-refractivity contribution in [1.82, 2.24) is 9.97 Å². The number of nitrogens with zero attached hydrogens (tertiary/aromatic N) is 2. The molecule has 0 saturated carbocycles. The number of aryl methyl sites for hydroxylation is 3. The van der Waals surface area contributed by atoms with Crippen molar-refractivity contribution in [2.75, 3.05) is 14.2 Å². The first-order valence-electron chi connectivity index (χ1n) is 13.4. The van der Waals surface area contributed by atoms with E-state index in [0.29, 0.717) is 12.8 Å². The quantitative estimate of drug-likeness (QED) is 0.329. The Kier molecular flexibility index (Phi) is 9.19. The molecule has 3 aromatic heterocycles. The van der Waals surface area contributed by atoms with Crippen LogP contribution in [0.4, 0.5) is 0 Å². The van der Waals surface area contributed by atoms with Crippen LogP contribution in [0.1, 0.15) is 72.6 Å². The minimum Gasteiger partial charge on any atom is -0.657 e. The number of carbonyl (C=O) groups excluding carboxylic acids is 2. The summed E-state index contributed by atoms with van der Waals surface area (Å²) >= 11 is 0. The third-order valence-electron chi connectivity index (χ3n) is 7.69. The maximum Gasteiger partial charge on any atom is 2.00 e. The molecule has 0 atom stereocenters. The van der Waals surface area contributed by atoms with E-state index in [2.05, 4.69) is 55.0 Å². The van der Waals surface area contributed by atoms with Crippen molar-refractivity contribution in [2.45, 2.75) is 53.4 Å². The average molecular weight is 563 g/mol. The van der Waals surface area contributed by atoms with Gasteiger partial charge in [-0.1, -0.05) is 22.8 Å². The fourth-order valence-corrected chi connectivity index (χ4v) is 5.30. The SMILES string of the molecule is COC(=O)CCC1=C(C)c2cc3[n-]c(cc4[nH+]c(cc5[n-]c(cc1[nH+]2)c(CCC(=O)OC)c5C)C=C4C)cc3C.[Mg+2]. The van der Waals surface area contributed by atoms with Gasteiger partial charge in [0.15, 0.2) is 0 Å². The van der Waals surface area contributed by atoms with E-state index in [-0.39, 0.29) is 47.8 Å². The Morgan fingerprint density at radius 3 is 2.15 bits per heavy atom. The standard InChI is InChI=1S/C32H32N4O4.Mg/c1-17-11-22-14-27-19(3)23(7-9-31(37)39-5)29(35-27)16-30-24(8-10-32(38)40-6)20(4)28(36-30)15-26-18(2)12-21(34-26)13-25(17)33-22;/h11-16H,7-10H2,1-6H3;/q-2;+2/p+2. The van der Waals surface area contributed by atoms with Gasteiger partial charge in [0.05, 0.1) is 14.2 Å². The minimum absolute atomic E-state index is 0. The zero-order valence-corrected chi connectivity index (χ0v) is 25.9. The molecule has 2 N–H and O–H groups in total. The van der Waals surface area contributed by atoms with Crippen molar-refractivity contribution in [1.29, 1.82) is 0 Å². The van der Waals surface area contributed by atoms with Gasteiger partial charge in [0.25, 0.3) is 0 Å². The number of allylic oxidation sites excluding steroid dienone is 3. The molecular weight excluding hydrogens is 529 g/mol. The zero-order valence-electron chi connectivity index (χ0n) is 24.5. The van der Waals surface area contributed by atoms with Crippen LogP contribution in [0.15, 0.2) is 30.3 Å². The molecule has 0 spiro atoms. The Balaban J connectivity index is 0.00000387. The van der Waals surface area contributed by atoms with Crippen LogP contribution >= 0.6 is 0 Å². The number of aromatic nitrogens is 4. The molecule has 3 aromatic rings. The maximum atomic E-state index is 12.0. The number of aromatic amines is 2. The van der Waals surface area contributed by atoms with E-state index < -0.39 is 0 Å². The van der Waals surface area contributed by atoms with Crippen LogP contribution < -0.4 is 19.9 Å². The summed E-state index contributed by atoms with van der Waals surface area (Å²) in [4.78, 5) is 41.1. The third-order valence-corrected chi connectivity index (χ3v) is 7.69. The van der Waals surface area contributed by atoms with Gasteiger partial charge in [-0.2, -0.15) is 0 Å². The topological polar surface area (TPSA) is 109 Å². The van der Waals surface area contributed by atoms with E-state index >= 15 is 0 Å². The van der Waals surface area contributed by atoms with Crippen LogP contribution in [-0.2, 0) is 25.5 Å².